The van der Waals surface area contributed by atoms with Crippen LogP contribution in [0.25, 0.3) is 11.0 Å². The predicted molar refractivity (Wildman–Crippen MR) is 90.4 cm³/mol. The number of nitrogens with one attached hydrogen (secondary N) is 2. The zero-order chi connectivity index (χ0) is 16.4. The number of fused-ring (bicyclic) bond motifs is 1. The highest BCUT2D eigenvalue weighted by Gasteiger charge is 2.19. The van der Waals surface area contributed by atoms with Crippen LogP contribution in [0.4, 0.5) is 0 Å². The lowest BCUT2D eigenvalue weighted by Crippen LogP contribution is -2.36. The first-order valence-corrected chi connectivity index (χ1v) is 7.61. The molecule has 1 heterocycles. The average Bonchev–Trinajstić information content (AvgIpc) is 2.91. The monoisotopic (exact) mass is 309 g/mol. The number of aromatic amines is 2. The second kappa shape index (κ2) is 6.12. The first-order chi connectivity index (χ1) is 11.0. The van der Waals surface area contributed by atoms with Crippen molar-refractivity contribution in [3.63, 3.8) is 0 Å². The van der Waals surface area contributed by atoms with Gasteiger partial charge in [-0.1, -0.05) is 30.3 Å². The maximum absolute atomic E-state index is 12.9. The van der Waals surface area contributed by atoms with Crippen molar-refractivity contribution in [2.75, 3.05) is 0 Å². The predicted octanol–water partition coefficient (Wildman–Crippen LogP) is 2.91. The van der Waals surface area contributed by atoms with E-state index in [2.05, 4.69) is 9.97 Å². The number of rotatable bonds is 4. The van der Waals surface area contributed by atoms with Gasteiger partial charge in [-0.3, -0.25) is 4.79 Å². The third-order valence-corrected chi connectivity index (χ3v) is 3.84. The summed E-state index contributed by atoms with van der Waals surface area (Å²) in [5.74, 6) is -0.0483. The largest absolute Gasteiger partial charge is 0.332 e. The van der Waals surface area contributed by atoms with E-state index in [1.165, 1.54) is 0 Å². The van der Waals surface area contributed by atoms with Crippen LogP contribution < -0.4 is 5.69 Å². The smallest absolute Gasteiger partial charge is 0.323 e. The Balaban J connectivity index is 1.91. The second-order valence-electron chi connectivity index (χ2n) is 5.85. The van der Waals surface area contributed by atoms with Gasteiger partial charge in [-0.05, 0) is 37.6 Å². The maximum Gasteiger partial charge on any atom is 0.323 e. The van der Waals surface area contributed by atoms with Gasteiger partial charge >= 0.3 is 5.69 Å². The van der Waals surface area contributed by atoms with Gasteiger partial charge in [0.1, 0.15) is 0 Å². The van der Waals surface area contributed by atoms with E-state index in [4.69, 9.17) is 0 Å². The number of hydrogen-bond acceptors (Lipinski definition) is 2. The zero-order valence-electron chi connectivity index (χ0n) is 13.2. The van der Waals surface area contributed by atoms with Crippen molar-refractivity contribution in [3.05, 3.63) is 70.1 Å². The number of H-pyrrole nitrogens is 2. The summed E-state index contributed by atoms with van der Waals surface area (Å²) in [5, 5.41) is 0. The van der Waals surface area contributed by atoms with Gasteiger partial charge in [0.25, 0.3) is 5.91 Å². The van der Waals surface area contributed by atoms with Crippen molar-refractivity contribution < 1.29 is 4.79 Å². The number of imidazole rings is 1. The normalized spacial score (nSPS) is 11.1. The van der Waals surface area contributed by atoms with E-state index >= 15 is 0 Å². The Morgan fingerprint density at radius 3 is 2.43 bits per heavy atom. The first-order valence-electron chi connectivity index (χ1n) is 7.61. The molecular weight excluding hydrogens is 290 g/mol. The van der Waals surface area contributed by atoms with E-state index in [9.17, 15) is 9.59 Å². The van der Waals surface area contributed by atoms with Crippen LogP contribution in [0, 0.1) is 0 Å². The molecule has 3 aromatic rings. The highest BCUT2D eigenvalue weighted by Crippen LogP contribution is 2.16. The number of aromatic nitrogens is 2. The number of benzene rings is 2. The molecule has 1 amide bonds. The first kappa shape index (κ1) is 15.1. The van der Waals surface area contributed by atoms with Crippen molar-refractivity contribution in [2.24, 2.45) is 0 Å². The molecule has 1 aromatic heterocycles. The number of amides is 1. The molecule has 0 saturated heterocycles. The summed E-state index contributed by atoms with van der Waals surface area (Å²) in [6.45, 7) is 4.55. The summed E-state index contributed by atoms with van der Waals surface area (Å²) in [6, 6.07) is 15.2. The highest BCUT2D eigenvalue weighted by molar-refractivity contribution is 5.97. The fourth-order valence-electron chi connectivity index (χ4n) is 2.60. The van der Waals surface area contributed by atoms with Gasteiger partial charge in [0.2, 0.25) is 0 Å². The van der Waals surface area contributed by atoms with Crippen LogP contribution in [0.15, 0.2) is 53.3 Å². The van der Waals surface area contributed by atoms with Crippen molar-refractivity contribution in [1.29, 1.82) is 0 Å². The molecule has 5 heteroatoms. The lowest BCUT2D eigenvalue weighted by molar-refractivity contribution is 0.0690. The second-order valence-corrected chi connectivity index (χ2v) is 5.85. The summed E-state index contributed by atoms with van der Waals surface area (Å²) in [7, 11) is 0. The van der Waals surface area contributed by atoms with Crippen molar-refractivity contribution in [1.82, 2.24) is 14.9 Å². The SMILES string of the molecule is CC(C)N(Cc1ccccc1)C(=O)c1ccc2[nH]c(=O)[nH]c2c1. The van der Waals surface area contributed by atoms with Crippen LogP contribution in [0.3, 0.4) is 0 Å². The van der Waals surface area contributed by atoms with Gasteiger partial charge < -0.3 is 14.9 Å². The van der Waals surface area contributed by atoms with E-state index in [0.29, 0.717) is 23.1 Å². The highest BCUT2D eigenvalue weighted by atomic mass is 16.2. The van der Waals surface area contributed by atoms with Crippen LogP contribution in [0.2, 0.25) is 0 Å². The van der Waals surface area contributed by atoms with Crippen LogP contribution in [-0.2, 0) is 6.54 Å². The van der Waals surface area contributed by atoms with Crippen molar-refractivity contribution in [2.45, 2.75) is 26.4 Å². The minimum atomic E-state index is -0.269. The van der Waals surface area contributed by atoms with Crippen LogP contribution in [-0.4, -0.2) is 26.8 Å². The Kier molecular flexibility index (Phi) is 4.02. The molecule has 0 unspecified atom stereocenters. The molecular formula is C18H19N3O2. The minimum absolute atomic E-state index is 0.0483. The van der Waals surface area contributed by atoms with E-state index in [1.54, 1.807) is 18.2 Å². The molecule has 0 atom stereocenters. The summed E-state index contributed by atoms with van der Waals surface area (Å²) in [6.07, 6.45) is 0. The van der Waals surface area contributed by atoms with E-state index in [-0.39, 0.29) is 17.6 Å². The molecule has 0 spiro atoms. The van der Waals surface area contributed by atoms with Gasteiger partial charge in [-0.2, -0.15) is 0 Å². The summed E-state index contributed by atoms with van der Waals surface area (Å²) >= 11 is 0. The Bertz CT molecular complexity index is 878. The summed E-state index contributed by atoms with van der Waals surface area (Å²) in [4.78, 5) is 31.4. The molecule has 0 aliphatic carbocycles. The Morgan fingerprint density at radius 1 is 1.04 bits per heavy atom. The summed E-state index contributed by atoms with van der Waals surface area (Å²) in [5.41, 5.74) is 2.73. The molecule has 3 rings (SSSR count). The third-order valence-electron chi connectivity index (χ3n) is 3.84. The van der Waals surface area contributed by atoms with Gasteiger partial charge in [0.15, 0.2) is 0 Å². The lowest BCUT2D eigenvalue weighted by Gasteiger charge is -2.27. The molecule has 23 heavy (non-hydrogen) atoms. The van der Waals surface area contributed by atoms with Crippen LogP contribution >= 0.6 is 0 Å². The molecule has 0 aliphatic heterocycles. The lowest BCUT2D eigenvalue weighted by atomic mass is 10.1. The Hall–Kier alpha value is -2.82. The maximum atomic E-state index is 12.9. The fourth-order valence-corrected chi connectivity index (χ4v) is 2.60. The topological polar surface area (TPSA) is 69.0 Å². The fraction of sp³-hybridized carbons (Fsp3) is 0.222. The van der Waals surface area contributed by atoms with E-state index in [1.807, 2.05) is 49.1 Å². The van der Waals surface area contributed by atoms with Gasteiger partial charge in [0.05, 0.1) is 11.0 Å². The quantitative estimate of drug-likeness (QED) is 0.778. The van der Waals surface area contributed by atoms with Gasteiger partial charge in [0, 0.05) is 18.2 Å². The third kappa shape index (κ3) is 3.18. The molecule has 0 bridgehead atoms. The van der Waals surface area contributed by atoms with Crippen molar-refractivity contribution >= 4 is 16.9 Å². The van der Waals surface area contributed by atoms with E-state index < -0.39 is 0 Å². The molecule has 0 saturated carbocycles. The number of hydrogen-bond donors (Lipinski definition) is 2. The van der Waals surface area contributed by atoms with Crippen LogP contribution in [0.5, 0.6) is 0 Å². The standard InChI is InChI=1S/C18H19N3O2/c1-12(2)21(11-13-6-4-3-5-7-13)17(22)14-8-9-15-16(10-14)20-18(23)19-15/h3-10,12H,11H2,1-2H3,(H2,19,20,23). The number of carbonyl (C=O) groups excluding carboxylic acids is 1. The average molecular weight is 309 g/mol. The molecule has 2 aromatic carbocycles. The zero-order valence-corrected chi connectivity index (χ0v) is 13.2. The van der Waals surface area contributed by atoms with Crippen LogP contribution in [0.1, 0.15) is 29.8 Å². The molecule has 0 radical (unpaired) electrons. The van der Waals surface area contributed by atoms with E-state index in [0.717, 1.165) is 5.56 Å². The summed E-state index contributed by atoms with van der Waals surface area (Å²) < 4.78 is 0. The molecule has 0 fully saturated rings. The molecule has 0 aliphatic rings. The molecule has 5 nitrogen and oxygen atoms in total. The molecule has 118 valence electrons. The Labute approximate surface area is 134 Å². The number of carbonyl (C=O) groups is 1. The van der Waals surface area contributed by atoms with Crippen molar-refractivity contribution in [3.8, 4) is 0 Å². The number of nitrogens with zero attached hydrogens (tertiary/aromatic N) is 1. The van der Waals surface area contributed by atoms with Gasteiger partial charge in [-0.25, -0.2) is 4.79 Å². The minimum Gasteiger partial charge on any atom is -0.332 e. The Morgan fingerprint density at radius 2 is 1.74 bits per heavy atom. The molecule has 2 N–H and O–H groups in total. The van der Waals surface area contributed by atoms with Gasteiger partial charge in [-0.15, -0.1) is 0 Å².